The number of imidazole rings is 1. The third-order valence-corrected chi connectivity index (χ3v) is 4.40. The van der Waals surface area contributed by atoms with E-state index in [1.807, 2.05) is 0 Å². The lowest BCUT2D eigenvalue weighted by Gasteiger charge is -2.29. The molecule has 0 fully saturated rings. The minimum absolute atomic E-state index is 0.226. The lowest BCUT2D eigenvalue weighted by Crippen LogP contribution is -2.31. The van der Waals surface area contributed by atoms with E-state index in [0.717, 1.165) is 30.8 Å². The van der Waals surface area contributed by atoms with E-state index in [2.05, 4.69) is 41.0 Å². The molecular formula is C12H19N3S. The third kappa shape index (κ3) is 1.99. The van der Waals surface area contributed by atoms with Crippen LogP contribution >= 0.6 is 11.3 Å². The number of nitrogens with two attached hydrogens (primary N) is 1. The van der Waals surface area contributed by atoms with E-state index in [0.29, 0.717) is 0 Å². The molecule has 0 bridgehead atoms. The first-order chi connectivity index (χ1) is 7.73. The highest BCUT2D eigenvalue weighted by molar-refractivity contribution is 7.15. The Bertz CT molecular complexity index is 417. The molecule has 0 aliphatic rings. The van der Waals surface area contributed by atoms with Crippen molar-refractivity contribution in [1.82, 2.24) is 9.38 Å². The molecule has 2 rings (SSSR count). The summed E-state index contributed by atoms with van der Waals surface area (Å²) in [6.45, 7) is 5.18. The minimum atomic E-state index is 0.226. The SMILES string of the molecule is CCC(CC)(CN)Cc1cn2ccsc2n1. The topological polar surface area (TPSA) is 43.3 Å². The molecule has 2 heterocycles. The van der Waals surface area contributed by atoms with Crippen molar-refractivity contribution in [3.8, 4) is 0 Å². The quantitative estimate of drug-likeness (QED) is 0.869. The van der Waals surface area contributed by atoms with E-state index in [1.54, 1.807) is 11.3 Å². The van der Waals surface area contributed by atoms with Crippen molar-refractivity contribution in [1.29, 1.82) is 0 Å². The van der Waals surface area contributed by atoms with E-state index in [4.69, 9.17) is 5.73 Å². The summed E-state index contributed by atoms with van der Waals surface area (Å²) in [6, 6.07) is 0. The highest BCUT2D eigenvalue weighted by Gasteiger charge is 2.25. The van der Waals surface area contributed by atoms with E-state index in [-0.39, 0.29) is 5.41 Å². The van der Waals surface area contributed by atoms with Crippen molar-refractivity contribution in [3.05, 3.63) is 23.5 Å². The van der Waals surface area contributed by atoms with Crippen molar-refractivity contribution in [2.75, 3.05) is 6.54 Å². The van der Waals surface area contributed by atoms with Gasteiger partial charge in [0.15, 0.2) is 4.96 Å². The average molecular weight is 237 g/mol. The second kappa shape index (κ2) is 4.55. The normalized spacial score (nSPS) is 12.4. The fourth-order valence-corrected chi connectivity index (χ4v) is 2.83. The number of thiazole rings is 1. The Balaban J connectivity index is 2.22. The predicted octanol–water partition coefficient (Wildman–Crippen LogP) is 2.70. The maximum Gasteiger partial charge on any atom is 0.193 e. The van der Waals surface area contributed by atoms with Crippen molar-refractivity contribution >= 4 is 16.3 Å². The summed E-state index contributed by atoms with van der Waals surface area (Å²) in [5.74, 6) is 0. The smallest absolute Gasteiger partial charge is 0.193 e. The lowest BCUT2D eigenvalue weighted by molar-refractivity contribution is 0.269. The van der Waals surface area contributed by atoms with Crippen molar-refractivity contribution in [2.24, 2.45) is 11.1 Å². The van der Waals surface area contributed by atoms with Gasteiger partial charge in [-0.05, 0) is 31.2 Å². The zero-order chi connectivity index (χ0) is 11.6. The maximum absolute atomic E-state index is 5.91. The molecular weight excluding hydrogens is 218 g/mol. The summed E-state index contributed by atoms with van der Waals surface area (Å²) in [7, 11) is 0. The summed E-state index contributed by atoms with van der Waals surface area (Å²) >= 11 is 1.68. The van der Waals surface area contributed by atoms with Crippen LogP contribution in [0.1, 0.15) is 32.4 Å². The van der Waals surface area contributed by atoms with Gasteiger partial charge >= 0.3 is 0 Å². The Morgan fingerprint density at radius 1 is 1.44 bits per heavy atom. The molecule has 0 amide bonds. The van der Waals surface area contributed by atoms with Gasteiger partial charge < -0.3 is 5.73 Å². The lowest BCUT2D eigenvalue weighted by atomic mass is 9.78. The van der Waals surface area contributed by atoms with Gasteiger partial charge in [-0.25, -0.2) is 4.98 Å². The third-order valence-electron chi connectivity index (χ3n) is 3.63. The molecule has 0 unspecified atom stereocenters. The van der Waals surface area contributed by atoms with Gasteiger partial charge in [0.25, 0.3) is 0 Å². The number of aromatic nitrogens is 2. The van der Waals surface area contributed by atoms with Gasteiger partial charge in [0.1, 0.15) is 0 Å². The van der Waals surface area contributed by atoms with Crippen LogP contribution in [-0.2, 0) is 6.42 Å². The van der Waals surface area contributed by atoms with Crippen LogP contribution in [0.25, 0.3) is 4.96 Å². The molecule has 2 N–H and O–H groups in total. The predicted molar refractivity (Wildman–Crippen MR) is 68.8 cm³/mol. The molecule has 0 saturated carbocycles. The van der Waals surface area contributed by atoms with Crippen LogP contribution < -0.4 is 5.73 Å². The molecule has 16 heavy (non-hydrogen) atoms. The molecule has 0 saturated heterocycles. The molecule has 0 aromatic carbocycles. The van der Waals surface area contributed by atoms with Crippen molar-refractivity contribution in [3.63, 3.8) is 0 Å². The number of hydrogen-bond donors (Lipinski definition) is 1. The number of fused-ring (bicyclic) bond motifs is 1. The van der Waals surface area contributed by atoms with Crippen LogP contribution in [0.5, 0.6) is 0 Å². The summed E-state index contributed by atoms with van der Waals surface area (Å²) < 4.78 is 2.09. The largest absolute Gasteiger partial charge is 0.330 e. The Morgan fingerprint density at radius 2 is 2.19 bits per heavy atom. The Kier molecular flexibility index (Phi) is 3.30. The second-order valence-electron chi connectivity index (χ2n) is 4.41. The molecule has 4 heteroatoms. The first-order valence-corrected chi connectivity index (χ1v) is 6.72. The zero-order valence-corrected chi connectivity index (χ0v) is 10.8. The van der Waals surface area contributed by atoms with E-state index < -0.39 is 0 Å². The molecule has 2 aromatic heterocycles. The van der Waals surface area contributed by atoms with Gasteiger partial charge in [0, 0.05) is 17.8 Å². The number of hydrogen-bond acceptors (Lipinski definition) is 3. The maximum atomic E-state index is 5.91. The van der Waals surface area contributed by atoms with Gasteiger partial charge in [-0.1, -0.05) is 13.8 Å². The van der Waals surface area contributed by atoms with Gasteiger partial charge in [0.2, 0.25) is 0 Å². The Morgan fingerprint density at radius 3 is 2.75 bits per heavy atom. The minimum Gasteiger partial charge on any atom is -0.330 e. The zero-order valence-electron chi connectivity index (χ0n) is 9.94. The van der Waals surface area contributed by atoms with Gasteiger partial charge in [-0.15, -0.1) is 11.3 Å². The fraction of sp³-hybridized carbons (Fsp3) is 0.583. The monoisotopic (exact) mass is 237 g/mol. The van der Waals surface area contributed by atoms with Crippen molar-refractivity contribution < 1.29 is 0 Å². The van der Waals surface area contributed by atoms with Gasteiger partial charge in [-0.2, -0.15) is 0 Å². The van der Waals surface area contributed by atoms with Crippen LogP contribution in [0.3, 0.4) is 0 Å². The Labute approximate surface area is 100 Å². The molecule has 2 aromatic rings. The average Bonchev–Trinajstić information content (AvgIpc) is 2.86. The Hall–Kier alpha value is -0.870. The first kappa shape index (κ1) is 11.6. The van der Waals surface area contributed by atoms with E-state index in [9.17, 15) is 0 Å². The van der Waals surface area contributed by atoms with Crippen LogP contribution in [-0.4, -0.2) is 15.9 Å². The molecule has 0 aliphatic carbocycles. The van der Waals surface area contributed by atoms with Gasteiger partial charge in [-0.3, -0.25) is 4.40 Å². The van der Waals surface area contributed by atoms with Crippen LogP contribution in [0.2, 0.25) is 0 Å². The summed E-state index contributed by atoms with van der Waals surface area (Å²) in [5.41, 5.74) is 7.31. The summed E-state index contributed by atoms with van der Waals surface area (Å²) in [6.07, 6.45) is 7.40. The number of nitrogens with zero attached hydrogens (tertiary/aromatic N) is 2. The van der Waals surface area contributed by atoms with Crippen molar-refractivity contribution in [2.45, 2.75) is 33.1 Å². The first-order valence-electron chi connectivity index (χ1n) is 5.84. The number of rotatable bonds is 5. The van der Waals surface area contributed by atoms with Crippen LogP contribution in [0.4, 0.5) is 0 Å². The molecule has 0 atom stereocenters. The van der Waals surface area contributed by atoms with Crippen LogP contribution in [0.15, 0.2) is 17.8 Å². The van der Waals surface area contributed by atoms with E-state index in [1.165, 1.54) is 5.69 Å². The molecule has 3 nitrogen and oxygen atoms in total. The van der Waals surface area contributed by atoms with Gasteiger partial charge in [0.05, 0.1) is 5.69 Å². The second-order valence-corrected chi connectivity index (χ2v) is 5.29. The molecule has 0 spiro atoms. The summed E-state index contributed by atoms with van der Waals surface area (Å²) in [5, 5.41) is 2.06. The fourth-order valence-electron chi connectivity index (χ4n) is 2.11. The van der Waals surface area contributed by atoms with Crippen LogP contribution in [0, 0.1) is 5.41 Å². The summed E-state index contributed by atoms with van der Waals surface area (Å²) in [4.78, 5) is 5.70. The standard InChI is InChI=1S/C12H19N3S/c1-3-12(4-2,9-13)7-10-8-15-5-6-16-11(15)14-10/h5-6,8H,3-4,7,9,13H2,1-2H3. The molecule has 88 valence electrons. The highest BCUT2D eigenvalue weighted by Crippen LogP contribution is 2.29. The molecule has 0 radical (unpaired) electrons. The molecule has 0 aliphatic heterocycles. The van der Waals surface area contributed by atoms with E-state index >= 15 is 0 Å². The highest BCUT2D eigenvalue weighted by atomic mass is 32.1.